The van der Waals surface area contributed by atoms with Gasteiger partial charge in [-0.1, -0.05) is 24.3 Å². The Labute approximate surface area is 138 Å². The summed E-state index contributed by atoms with van der Waals surface area (Å²) in [6.07, 6.45) is 1.26. The molecule has 3 aromatic rings. The van der Waals surface area contributed by atoms with Gasteiger partial charge in [-0.2, -0.15) is 0 Å². The van der Waals surface area contributed by atoms with Crippen molar-refractivity contribution in [3.8, 4) is 0 Å². The Hall–Kier alpha value is -3.21. The number of carbonyl (C=O) groups is 1. The monoisotopic (exact) mass is 319 g/mol. The van der Waals surface area contributed by atoms with Crippen LogP contribution in [0.4, 0.5) is 15.9 Å². The molecule has 118 valence electrons. The molecule has 4 rings (SSSR count). The van der Waals surface area contributed by atoms with Gasteiger partial charge >= 0.3 is 0 Å². The van der Waals surface area contributed by atoms with Crippen LogP contribution in [-0.4, -0.2) is 10.9 Å². The molecule has 4 nitrogen and oxygen atoms in total. The number of nitrogens with one attached hydrogen (secondary N) is 1. The van der Waals surface area contributed by atoms with Gasteiger partial charge in [0.2, 0.25) is 0 Å². The molecule has 1 aromatic heterocycles. The third kappa shape index (κ3) is 2.40. The molecule has 0 bridgehead atoms. The summed E-state index contributed by atoms with van der Waals surface area (Å²) in [4.78, 5) is 18.8. The zero-order valence-electron chi connectivity index (χ0n) is 12.7. The standard InChI is InChI=1S/C19H14FN3O/c20-13-8-10-14(11-9-13)22-18-15-5-1-2-6-16(15)19(24)23(18)17-7-3-4-12-21-17/h1-12,18,22H/t18-/m0/s1. The van der Waals surface area contributed by atoms with E-state index in [-0.39, 0.29) is 11.7 Å². The molecule has 0 radical (unpaired) electrons. The van der Waals surface area contributed by atoms with Gasteiger partial charge < -0.3 is 5.32 Å². The van der Waals surface area contributed by atoms with E-state index in [2.05, 4.69) is 10.3 Å². The van der Waals surface area contributed by atoms with Crippen molar-refractivity contribution in [2.75, 3.05) is 10.2 Å². The number of benzene rings is 2. The number of pyridine rings is 1. The molecule has 0 spiro atoms. The maximum absolute atomic E-state index is 13.1. The van der Waals surface area contributed by atoms with Crippen LogP contribution >= 0.6 is 0 Å². The molecule has 0 saturated heterocycles. The first kappa shape index (κ1) is 14.4. The molecule has 2 aromatic carbocycles. The third-order valence-electron chi connectivity index (χ3n) is 4.01. The van der Waals surface area contributed by atoms with Crippen LogP contribution in [0, 0.1) is 5.82 Å². The number of anilines is 2. The van der Waals surface area contributed by atoms with Gasteiger partial charge in [0.15, 0.2) is 0 Å². The fourth-order valence-corrected chi connectivity index (χ4v) is 2.90. The Morgan fingerprint density at radius 3 is 2.46 bits per heavy atom. The van der Waals surface area contributed by atoms with Crippen molar-refractivity contribution in [3.63, 3.8) is 0 Å². The summed E-state index contributed by atoms with van der Waals surface area (Å²) >= 11 is 0. The van der Waals surface area contributed by atoms with Crippen LogP contribution in [0.5, 0.6) is 0 Å². The second-order valence-corrected chi connectivity index (χ2v) is 5.50. The van der Waals surface area contributed by atoms with E-state index >= 15 is 0 Å². The lowest BCUT2D eigenvalue weighted by Crippen LogP contribution is -2.32. The number of hydrogen-bond acceptors (Lipinski definition) is 3. The molecule has 5 heteroatoms. The minimum absolute atomic E-state index is 0.107. The van der Waals surface area contributed by atoms with Crippen molar-refractivity contribution < 1.29 is 9.18 Å². The van der Waals surface area contributed by atoms with E-state index in [1.165, 1.54) is 12.1 Å². The molecule has 0 fully saturated rings. The van der Waals surface area contributed by atoms with E-state index in [4.69, 9.17) is 0 Å². The highest BCUT2D eigenvalue weighted by Crippen LogP contribution is 2.36. The van der Waals surface area contributed by atoms with E-state index in [1.807, 2.05) is 24.3 Å². The van der Waals surface area contributed by atoms with Gasteiger partial charge in [0.05, 0.1) is 0 Å². The molecule has 1 aliphatic heterocycles. The largest absolute Gasteiger partial charge is 0.361 e. The summed E-state index contributed by atoms with van der Waals surface area (Å²) in [5.74, 6) is 0.159. The summed E-state index contributed by atoms with van der Waals surface area (Å²) in [5, 5.41) is 3.30. The fourth-order valence-electron chi connectivity index (χ4n) is 2.90. The second-order valence-electron chi connectivity index (χ2n) is 5.50. The van der Waals surface area contributed by atoms with E-state index in [0.717, 1.165) is 11.3 Å². The van der Waals surface area contributed by atoms with E-state index < -0.39 is 6.17 Å². The van der Waals surface area contributed by atoms with Crippen LogP contribution in [0.3, 0.4) is 0 Å². The molecular weight excluding hydrogens is 305 g/mol. The molecule has 1 aliphatic rings. The predicted octanol–water partition coefficient (Wildman–Crippen LogP) is 3.99. The predicted molar refractivity (Wildman–Crippen MR) is 90.3 cm³/mol. The number of amides is 1. The SMILES string of the molecule is O=C1c2ccccc2[C@@H](Nc2ccc(F)cc2)N1c1ccccn1. The molecule has 0 saturated carbocycles. The molecule has 1 amide bonds. The minimum atomic E-state index is -0.394. The zero-order chi connectivity index (χ0) is 16.5. The van der Waals surface area contributed by atoms with Gasteiger partial charge in [-0.05, 0) is 42.5 Å². The highest BCUT2D eigenvalue weighted by atomic mass is 19.1. The van der Waals surface area contributed by atoms with Crippen LogP contribution in [0.1, 0.15) is 22.1 Å². The first-order valence-corrected chi connectivity index (χ1v) is 7.60. The fraction of sp³-hybridized carbons (Fsp3) is 0.0526. The smallest absolute Gasteiger partial charge is 0.261 e. The number of carbonyl (C=O) groups excluding carboxylic acids is 1. The highest BCUT2D eigenvalue weighted by Gasteiger charge is 2.38. The number of halogens is 1. The lowest BCUT2D eigenvalue weighted by atomic mass is 10.1. The summed E-state index contributed by atoms with van der Waals surface area (Å²) in [6, 6.07) is 19.0. The van der Waals surface area contributed by atoms with Crippen molar-refractivity contribution >= 4 is 17.4 Å². The third-order valence-corrected chi connectivity index (χ3v) is 4.01. The van der Waals surface area contributed by atoms with Crippen LogP contribution in [0.25, 0.3) is 0 Å². The number of fused-ring (bicyclic) bond motifs is 1. The molecular formula is C19H14FN3O. The van der Waals surface area contributed by atoms with Gasteiger partial charge in [0.25, 0.3) is 5.91 Å². The molecule has 1 atom stereocenters. The van der Waals surface area contributed by atoms with Crippen LogP contribution in [0.2, 0.25) is 0 Å². The van der Waals surface area contributed by atoms with E-state index in [0.29, 0.717) is 11.4 Å². The molecule has 24 heavy (non-hydrogen) atoms. The van der Waals surface area contributed by atoms with Crippen LogP contribution < -0.4 is 10.2 Å². The van der Waals surface area contributed by atoms with Crippen molar-refractivity contribution in [1.29, 1.82) is 0 Å². The Bertz CT molecular complexity index is 881. The Morgan fingerprint density at radius 1 is 0.958 bits per heavy atom. The summed E-state index contributed by atoms with van der Waals surface area (Å²) in [7, 11) is 0. The van der Waals surface area contributed by atoms with Crippen molar-refractivity contribution in [3.05, 3.63) is 89.9 Å². The van der Waals surface area contributed by atoms with Crippen LogP contribution in [-0.2, 0) is 0 Å². The van der Waals surface area contributed by atoms with Crippen molar-refractivity contribution in [2.24, 2.45) is 0 Å². The van der Waals surface area contributed by atoms with Gasteiger partial charge in [0.1, 0.15) is 17.8 Å². The first-order chi connectivity index (χ1) is 11.7. The van der Waals surface area contributed by atoms with E-state index in [1.54, 1.807) is 41.4 Å². The quantitative estimate of drug-likeness (QED) is 0.794. The number of rotatable bonds is 3. The maximum Gasteiger partial charge on any atom is 0.261 e. The second kappa shape index (κ2) is 5.77. The highest BCUT2D eigenvalue weighted by molar-refractivity contribution is 6.10. The molecule has 0 unspecified atom stereocenters. The minimum Gasteiger partial charge on any atom is -0.361 e. The number of nitrogens with zero attached hydrogens (tertiary/aromatic N) is 2. The summed E-state index contributed by atoms with van der Waals surface area (Å²) in [5.41, 5.74) is 2.24. The topological polar surface area (TPSA) is 45.2 Å². The summed E-state index contributed by atoms with van der Waals surface area (Å²) < 4.78 is 13.1. The normalized spacial score (nSPS) is 16.1. The van der Waals surface area contributed by atoms with Gasteiger partial charge in [-0.3, -0.25) is 9.69 Å². The molecule has 0 aliphatic carbocycles. The summed E-state index contributed by atoms with van der Waals surface area (Å²) in [6.45, 7) is 0. The Balaban J connectivity index is 1.77. The Morgan fingerprint density at radius 2 is 1.71 bits per heavy atom. The zero-order valence-corrected chi connectivity index (χ0v) is 12.7. The average molecular weight is 319 g/mol. The molecule has 1 N–H and O–H groups in total. The number of aromatic nitrogens is 1. The average Bonchev–Trinajstić information content (AvgIpc) is 2.90. The lowest BCUT2D eigenvalue weighted by molar-refractivity contribution is 0.0992. The van der Waals surface area contributed by atoms with Gasteiger partial charge in [0, 0.05) is 23.0 Å². The lowest BCUT2D eigenvalue weighted by Gasteiger charge is -2.26. The van der Waals surface area contributed by atoms with Gasteiger partial charge in [-0.15, -0.1) is 0 Å². The van der Waals surface area contributed by atoms with Gasteiger partial charge in [-0.25, -0.2) is 9.37 Å². The van der Waals surface area contributed by atoms with Crippen molar-refractivity contribution in [1.82, 2.24) is 4.98 Å². The van der Waals surface area contributed by atoms with Crippen molar-refractivity contribution in [2.45, 2.75) is 6.17 Å². The maximum atomic E-state index is 13.1. The number of hydrogen-bond donors (Lipinski definition) is 1. The Kier molecular flexibility index (Phi) is 3.46. The molecule has 2 heterocycles. The van der Waals surface area contributed by atoms with Crippen LogP contribution in [0.15, 0.2) is 72.9 Å². The van der Waals surface area contributed by atoms with E-state index in [9.17, 15) is 9.18 Å². The first-order valence-electron chi connectivity index (χ1n) is 7.60.